The SMILES string of the molecule is CCSCCCN1CC(CC)NCC1(C)c1ccccc1. The van der Waals surface area contributed by atoms with Crippen LogP contribution >= 0.6 is 11.8 Å². The van der Waals surface area contributed by atoms with Crippen molar-refractivity contribution < 1.29 is 0 Å². The van der Waals surface area contributed by atoms with Gasteiger partial charge >= 0.3 is 0 Å². The lowest BCUT2D eigenvalue weighted by Crippen LogP contribution is -2.61. The van der Waals surface area contributed by atoms with Crippen molar-refractivity contribution in [2.75, 3.05) is 31.1 Å². The molecule has 21 heavy (non-hydrogen) atoms. The Morgan fingerprint density at radius 1 is 1.29 bits per heavy atom. The molecule has 0 amide bonds. The molecule has 0 spiro atoms. The summed E-state index contributed by atoms with van der Waals surface area (Å²) in [6, 6.07) is 11.6. The zero-order chi connectivity index (χ0) is 15.1. The maximum Gasteiger partial charge on any atom is 0.0558 e. The predicted octanol–water partition coefficient (Wildman–Crippen LogP) is 3.73. The van der Waals surface area contributed by atoms with E-state index in [0.717, 1.165) is 6.54 Å². The third-order valence-corrected chi connectivity index (χ3v) is 5.67. The van der Waals surface area contributed by atoms with Crippen LogP contribution in [0.1, 0.15) is 39.2 Å². The average Bonchev–Trinajstić information content (AvgIpc) is 2.54. The lowest BCUT2D eigenvalue weighted by atomic mass is 9.86. The van der Waals surface area contributed by atoms with Crippen molar-refractivity contribution in [2.45, 2.75) is 45.2 Å². The van der Waals surface area contributed by atoms with Crippen LogP contribution in [0.5, 0.6) is 0 Å². The van der Waals surface area contributed by atoms with Crippen LogP contribution in [0, 0.1) is 0 Å². The second-order valence-electron chi connectivity index (χ2n) is 6.12. The number of thioether (sulfide) groups is 1. The quantitative estimate of drug-likeness (QED) is 0.773. The number of piperazine rings is 1. The highest BCUT2D eigenvalue weighted by atomic mass is 32.2. The number of rotatable bonds is 7. The van der Waals surface area contributed by atoms with E-state index in [4.69, 9.17) is 0 Å². The fourth-order valence-corrected chi connectivity index (χ4v) is 3.80. The minimum Gasteiger partial charge on any atom is -0.311 e. The molecule has 1 aliphatic heterocycles. The number of hydrogen-bond acceptors (Lipinski definition) is 3. The standard InChI is InChI=1S/C18H30N2S/c1-4-17-14-20(12-9-13-21-5-2)18(3,15-19-17)16-10-7-6-8-11-16/h6-8,10-11,17,19H,4-5,9,12-15H2,1-3H3. The minimum atomic E-state index is 0.129. The van der Waals surface area contributed by atoms with Gasteiger partial charge in [0, 0.05) is 19.1 Å². The van der Waals surface area contributed by atoms with Crippen molar-refractivity contribution in [1.29, 1.82) is 0 Å². The predicted molar refractivity (Wildman–Crippen MR) is 95.1 cm³/mol. The van der Waals surface area contributed by atoms with E-state index in [0.29, 0.717) is 6.04 Å². The van der Waals surface area contributed by atoms with Gasteiger partial charge in [-0.05, 0) is 43.4 Å². The molecule has 1 aromatic carbocycles. The Kier molecular flexibility index (Phi) is 6.59. The molecule has 0 radical (unpaired) electrons. The summed E-state index contributed by atoms with van der Waals surface area (Å²) in [5.41, 5.74) is 1.57. The molecule has 0 saturated carbocycles. The summed E-state index contributed by atoms with van der Waals surface area (Å²) in [5, 5.41) is 3.74. The Morgan fingerprint density at radius 2 is 2.05 bits per heavy atom. The lowest BCUT2D eigenvalue weighted by Gasteiger charge is -2.48. The molecule has 0 bridgehead atoms. The maximum atomic E-state index is 3.74. The summed E-state index contributed by atoms with van der Waals surface area (Å²) >= 11 is 2.06. The first-order chi connectivity index (χ1) is 10.2. The maximum absolute atomic E-state index is 3.74. The zero-order valence-corrected chi connectivity index (χ0v) is 14.6. The highest BCUT2D eigenvalue weighted by molar-refractivity contribution is 7.99. The average molecular weight is 307 g/mol. The molecular formula is C18H30N2S. The molecule has 3 heteroatoms. The highest BCUT2D eigenvalue weighted by Crippen LogP contribution is 2.31. The van der Waals surface area contributed by atoms with E-state index in [9.17, 15) is 0 Å². The van der Waals surface area contributed by atoms with Crippen molar-refractivity contribution in [1.82, 2.24) is 10.2 Å². The van der Waals surface area contributed by atoms with Gasteiger partial charge in [0.25, 0.3) is 0 Å². The molecule has 1 aromatic rings. The van der Waals surface area contributed by atoms with Crippen LogP contribution in [0.3, 0.4) is 0 Å². The second kappa shape index (κ2) is 8.21. The van der Waals surface area contributed by atoms with Crippen LogP contribution in [0.25, 0.3) is 0 Å². The first kappa shape index (κ1) is 16.9. The Bertz CT molecular complexity index is 409. The van der Waals surface area contributed by atoms with Gasteiger partial charge < -0.3 is 5.32 Å². The summed E-state index contributed by atoms with van der Waals surface area (Å²) in [5.74, 6) is 2.51. The molecule has 118 valence electrons. The molecule has 1 N–H and O–H groups in total. The Morgan fingerprint density at radius 3 is 2.71 bits per heavy atom. The van der Waals surface area contributed by atoms with E-state index in [-0.39, 0.29) is 5.54 Å². The summed E-state index contributed by atoms with van der Waals surface area (Å²) in [6.07, 6.45) is 2.50. The van der Waals surface area contributed by atoms with Gasteiger partial charge in [-0.25, -0.2) is 0 Å². The van der Waals surface area contributed by atoms with Gasteiger partial charge in [0.05, 0.1) is 5.54 Å². The molecule has 1 aliphatic rings. The van der Waals surface area contributed by atoms with Gasteiger partial charge in [-0.1, -0.05) is 44.2 Å². The van der Waals surface area contributed by atoms with Gasteiger partial charge in [-0.2, -0.15) is 11.8 Å². The smallest absolute Gasteiger partial charge is 0.0558 e. The molecule has 0 aromatic heterocycles. The topological polar surface area (TPSA) is 15.3 Å². The highest BCUT2D eigenvalue weighted by Gasteiger charge is 2.38. The van der Waals surface area contributed by atoms with Gasteiger partial charge in [0.2, 0.25) is 0 Å². The fourth-order valence-electron chi connectivity index (χ4n) is 3.18. The van der Waals surface area contributed by atoms with Crippen molar-refractivity contribution in [3.63, 3.8) is 0 Å². The van der Waals surface area contributed by atoms with Gasteiger partial charge in [0.1, 0.15) is 0 Å². The first-order valence-corrected chi connectivity index (χ1v) is 9.48. The van der Waals surface area contributed by atoms with Crippen LogP contribution in [0.15, 0.2) is 30.3 Å². The van der Waals surface area contributed by atoms with Gasteiger partial charge in [-0.15, -0.1) is 0 Å². The van der Waals surface area contributed by atoms with Crippen molar-refractivity contribution >= 4 is 11.8 Å². The summed E-state index contributed by atoms with van der Waals surface area (Å²) in [6.45, 7) is 10.4. The Labute approximate surface area is 134 Å². The fraction of sp³-hybridized carbons (Fsp3) is 0.667. The van der Waals surface area contributed by atoms with E-state index < -0.39 is 0 Å². The van der Waals surface area contributed by atoms with Crippen LogP contribution in [0.2, 0.25) is 0 Å². The zero-order valence-electron chi connectivity index (χ0n) is 13.8. The number of nitrogens with zero attached hydrogens (tertiary/aromatic N) is 1. The number of benzene rings is 1. The second-order valence-corrected chi connectivity index (χ2v) is 7.52. The largest absolute Gasteiger partial charge is 0.311 e. The summed E-state index contributed by atoms with van der Waals surface area (Å²) < 4.78 is 0. The van der Waals surface area contributed by atoms with E-state index >= 15 is 0 Å². The molecule has 0 aliphatic carbocycles. The van der Waals surface area contributed by atoms with Crippen molar-refractivity contribution in [3.05, 3.63) is 35.9 Å². The van der Waals surface area contributed by atoms with E-state index in [2.05, 4.69) is 73.1 Å². The number of hydrogen-bond donors (Lipinski definition) is 1. The van der Waals surface area contributed by atoms with Gasteiger partial charge in [0.15, 0.2) is 0 Å². The number of nitrogens with one attached hydrogen (secondary N) is 1. The minimum absolute atomic E-state index is 0.129. The van der Waals surface area contributed by atoms with Gasteiger partial charge in [-0.3, -0.25) is 4.90 Å². The third-order valence-electron chi connectivity index (χ3n) is 4.68. The first-order valence-electron chi connectivity index (χ1n) is 8.32. The molecule has 1 saturated heterocycles. The van der Waals surface area contributed by atoms with E-state index in [1.807, 2.05) is 0 Å². The normalized spacial score (nSPS) is 26.9. The molecular weight excluding hydrogens is 276 g/mol. The van der Waals surface area contributed by atoms with Crippen LogP contribution in [-0.2, 0) is 5.54 Å². The Hall–Kier alpha value is -0.510. The monoisotopic (exact) mass is 306 g/mol. The third kappa shape index (κ3) is 4.24. The van der Waals surface area contributed by atoms with E-state index in [1.165, 1.54) is 43.0 Å². The summed E-state index contributed by atoms with van der Waals surface area (Å²) in [7, 11) is 0. The summed E-state index contributed by atoms with van der Waals surface area (Å²) in [4.78, 5) is 2.71. The molecule has 1 heterocycles. The molecule has 2 atom stereocenters. The Balaban J connectivity index is 2.08. The molecule has 2 rings (SSSR count). The van der Waals surface area contributed by atoms with Crippen molar-refractivity contribution in [2.24, 2.45) is 0 Å². The lowest BCUT2D eigenvalue weighted by molar-refractivity contribution is 0.0492. The molecule has 1 fully saturated rings. The van der Waals surface area contributed by atoms with E-state index in [1.54, 1.807) is 0 Å². The van der Waals surface area contributed by atoms with Crippen LogP contribution in [0.4, 0.5) is 0 Å². The molecule has 2 unspecified atom stereocenters. The molecule has 2 nitrogen and oxygen atoms in total. The van der Waals surface area contributed by atoms with Crippen LogP contribution < -0.4 is 5.32 Å². The van der Waals surface area contributed by atoms with Crippen LogP contribution in [-0.4, -0.2) is 42.1 Å². The van der Waals surface area contributed by atoms with Crippen molar-refractivity contribution in [3.8, 4) is 0 Å².